The molecule has 6 heteroatoms. The second-order valence-electron chi connectivity index (χ2n) is 6.13. The van der Waals surface area contributed by atoms with Gasteiger partial charge in [0.25, 0.3) is 0 Å². The predicted molar refractivity (Wildman–Crippen MR) is 92.3 cm³/mol. The molecule has 0 saturated carbocycles. The fourth-order valence-electron chi connectivity index (χ4n) is 2.86. The van der Waals surface area contributed by atoms with E-state index in [1.165, 1.54) is 6.33 Å². The third-order valence-electron chi connectivity index (χ3n) is 4.18. The molecule has 2 aromatic rings. The van der Waals surface area contributed by atoms with Crippen molar-refractivity contribution in [2.45, 2.75) is 32.4 Å². The zero-order chi connectivity index (χ0) is 16.6. The van der Waals surface area contributed by atoms with E-state index in [-0.39, 0.29) is 6.03 Å². The average molecular weight is 325 g/mol. The molecule has 0 bridgehead atoms. The van der Waals surface area contributed by atoms with Crippen molar-refractivity contribution in [3.8, 4) is 0 Å². The molecule has 1 heterocycles. The van der Waals surface area contributed by atoms with Crippen LogP contribution in [0.2, 0.25) is 0 Å². The van der Waals surface area contributed by atoms with Crippen molar-refractivity contribution in [1.29, 1.82) is 0 Å². The van der Waals surface area contributed by atoms with Gasteiger partial charge in [-0.25, -0.2) is 14.5 Å². The molecule has 6 nitrogen and oxygen atoms in total. The van der Waals surface area contributed by atoms with Crippen LogP contribution >= 0.6 is 0 Å². The standard InChI is InChI=1S/C18H23N5O/c24-18(20-10-15-5-2-1-3-6-15)21-11-16-7-4-8-17(9-16)12-23-14-19-13-22-23/h1-2,4,7-9,13-15H,3,5-6,10-12H2,(H2,20,21,24)/t15-/m1/s1. The minimum Gasteiger partial charge on any atom is -0.338 e. The van der Waals surface area contributed by atoms with Gasteiger partial charge in [-0.3, -0.25) is 0 Å². The molecule has 126 valence electrons. The number of nitrogens with one attached hydrogen (secondary N) is 2. The number of amides is 2. The number of rotatable bonds is 6. The summed E-state index contributed by atoms with van der Waals surface area (Å²) in [4.78, 5) is 15.9. The Kier molecular flexibility index (Phi) is 5.61. The van der Waals surface area contributed by atoms with Crippen LogP contribution in [-0.4, -0.2) is 27.3 Å². The number of hydrogen-bond donors (Lipinski definition) is 2. The van der Waals surface area contributed by atoms with Gasteiger partial charge >= 0.3 is 6.03 Å². The Morgan fingerprint density at radius 1 is 1.25 bits per heavy atom. The van der Waals surface area contributed by atoms with Gasteiger partial charge in [0.1, 0.15) is 12.7 Å². The summed E-state index contributed by atoms with van der Waals surface area (Å²) < 4.78 is 1.78. The minimum absolute atomic E-state index is 0.105. The van der Waals surface area contributed by atoms with Gasteiger partial charge in [-0.1, -0.05) is 36.4 Å². The van der Waals surface area contributed by atoms with E-state index in [9.17, 15) is 4.79 Å². The number of carbonyl (C=O) groups is 1. The molecule has 0 spiro atoms. The SMILES string of the molecule is O=C(NCc1cccc(Cn2cncn2)c1)NC[C@@H]1CC=CCC1. The molecule has 1 aromatic carbocycles. The topological polar surface area (TPSA) is 71.8 Å². The lowest BCUT2D eigenvalue weighted by Gasteiger charge is -2.18. The highest BCUT2D eigenvalue weighted by Crippen LogP contribution is 2.16. The first-order chi connectivity index (χ1) is 11.8. The second kappa shape index (κ2) is 8.29. The summed E-state index contributed by atoms with van der Waals surface area (Å²) in [7, 11) is 0. The Bertz CT molecular complexity index is 680. The predicted octanol–water partition coefficient (Wildman–Crippen LogP) is 2.48. The van der Waals surface area contributed by atoms with Crippen molar-refractivity contribution >= 4 is 6.03 Å². The van der Waals surface area contributed by atoms with E-state index in [2.05, 4.69) is 38.9 Å². The van der Waals surface area contributed by atoms with E-state index in [0.717, 1.165) is 36.9 Å². The number of urea groups is 1. The Morgan fingerprint density at radius 2 is 2.17 bits per heavy atom. The van der Waals surface area contributed by atoms with Crippen LogP contribution in [0.5, 0.6) is 0 Å². The second-order valence-corrected chi connectivity index (χ2v) is 6.13. The number of nitrogens with zero attached hydrogens (tertiary/aromatic N) is 3. The van der Waals surface area contributed by atoms with Gasteiger partial charge in [0, 0.05) is 13.1 Å². The highest BCUT2D eigenvalue weighted by Gasteiger charge is 2.11. The summed E-state index contributed by atoms with van der Waals surface area (Å²) in [6.45, 7) is 1.93. The van der Waals surface area contributed by atoms with Crippen LogP contribution in [0.15, 0.2) is 49.1 Å². The van der Waals surface area contributed by atoms with Crippen LogP contribution in [0.3, 0.4) is 0 Å². The summed E-state index contributed by atoms with van der Waals surface area (Å²) in [6, 6.07) is 8.02. The first kappa shape index (κ1) is 16.2. The third kappa shape index (κ3) is 4.94. The fraction of sp³-hybridized carbons (Fsp3) is 0.389. The number of carbonyl (C=O) groups excluding carboxylic acids is 1. The van der Waals surface area contributed by atoms with E-state index in [0.29, 0.717) is 19.0 Å². The van der Waals surface area contributed by atoms with E-state index in [1.54, 1.807) is 11.0 Å². The van der Waals surface area contributed by atoms with Crippen LogP contribution in [0.4, 0.5) is 4.79 Å². The molecule has 1 aromatic heterocycles. The van der Waals surface area contributed by atoms with Gasteiger partial charge in [0.15, 0.2) is 0 Å². The molecular weight excluding hydrogens is 302 g/mol. The molecular formula is C18H23N5O. The van der Waals surface area contributed by atoms with E-state index >= 15 is 0 Å². The lowest BCUT2D eigenvalue weighted by molar-refractivity contribution is 0.238. The monoisotopic (exact) mass is 325 g/mol. The van der Waals surface area contributed by atoms with Crippen LogP contribution in [-0.2, 0) is 13.1 Å². The maximum absolute atomic E-state index is 11.9. The zero-order valence-electron chi connectivity index (χ0n) is 13.7. The summed E-state index contributed by atoms with van der Waals surface area (Å²) in [5.41, 5.74) is 2.21. The molecule has 1 aliphatic carbocycles. The van der Waals surface area contributed by atoms with Gasteiger partial charge in [0.05, 0.1) is 6.54 Å². The van der Waals surface area contributed by atoms with Crippen molar-refractivity contribution < 1.29 is 4.79 Å². The van der Waals surface area contributed by atoms with Gasteiger partial charge in [-0.15, -0.1) is 0 Å². The Balaban J connectivity index is 1.43. The van der Waals surface area contributed by atoms with Gasteiger partial charge in [0.2, 0.25) is 0 Å². The van der Waals surface area contributed by atoms with Crippen LogP contribution < -0.4 is 10.6 Å². The first-order valence-corrected chi connectivity index (χ1v) is 8.36. The molecule has 3 rings (SSSR count). The number of allylic oxidation sites excluding steroid dienone is 2. The highest BCUT2D eigenvalue weighted by atomic mass is 16.2. The van der Waals surface area contributed by atoms with Crippen LogP contribution in [0.1, 0.15) is 30.4 Å². The van der Waals surface area contributed by atoms with Gasteiger partial charge in [-0.05, 0) is 36.3 Å². The number of aromatic nitrogens is 3. The number of hydrogen-bond acceptors (Lipinski definition) is 3. The molecule has 0 radical (unpaired) electrons. The molecule has 2 amide bonds. The zero-order valence-corrected chi connectivity index (χ0v) is 13.7. The lowest BCUT2D eigenvalue weighted by atomic mass is 9.94. The Labute approximate surface area is 142 Å². The van der Waals surface area contributed by atoms with Gasteiger partial charge < -0.3 is 10.6 Å². The van der Waals surface area contributed by atoms with E-state index in [4.69, 9.17) is 0 Å². The fourth-order valence-corrected chi connectivity index (χ4v) is 2.86. The molecule has 0 saturated heterocycles. The Hall–Kier alpha value is -2.63. The molecule has 0 fully saturated rings. The molecule has 0 aliphatic heterocycles. The van der Waals surface area contributed by atoms with Gasteiger partial charge in [-0.2, -0.15) is 5.10 Å². The first-order valence-electron chi connectivity index (χ1n) is 8.36. The van der Waals surface area contributed by atoms with Crippen molar-refractivity contribution in [1.82, 2.24) is 25.4 Å². The van der Waals surface area contributed by atoms with Crippen molar-refractivity contribution in [2.24, 2.45) is 5.92 Å². The van der Waals surface area contributed by atoms with Crippen molar-refractivity contribution in [3.05, 3.63) is 60.2 Å². The third-order valence-corrected chi connectivity index (χ3v) is 4.18. The van der Waals surface area contributed by atoms with Crippen LogP contribution in [0.25, 0.3) is 0 Å². The maximum Gasteiger partial charge on any atom is 0.315 e. The Morgan fingerprint density at radius 3 is 2.96 bits per heavy atom. The summed E-state index contributed by atoms with van der Waals surface area (Å²) in [6.07, 6.45) is 11.0. The van der Waals surface area contributed by atoms with E-state index < -0.39 is 0 Å². The van der Waals surface area contributed by atoms with Crippen molar-refractivity contribution in [3.63, 3.8) is 0 Å². The summed E-state index contributed by atoms with van der Waals surface area (Å²) in [5.74, 6) is 0.562. The average Bonchev–Trinajstić information content (AvgIpc) is 3.12. The quantitative estimate of drug-likeness (QED) is 0.802. The summed E-state index contributed by atoms with van der Waals surface area (Å²) >= 11 is 0. The largest absolute Gasteiger partial charge is 0.338 e. The van der Waals surface area contributed by atoms with Crippen LogP contribution in [0, 0.1) is 5.92 Å². The summed E-state index contributed by atoms with van der Waals surface area (Å²) in [5, 5.41) is 9.99. The molecule has 1 atom stereocenters. The number of benzene rings is 1. The highest BCUT2D eigenvalue weighted by molar-refractivity contribution is 5.73. The minimum atomic E-state index is -0.105. The van der Waals surface area contributed by atoms with E-state index in [1.807, 2.05) is 18.2 Å². The molecule has 1 aliphatic rings. The van der Waals surface area contributed by atoms with Crippen molar-refractivity contribution in [2.75, 3.05) is 6.54 Å². The molecule has 0 unspecified atom stereocenters. The molecule has 2 N–H and O–H groups in total. The smallest absolute Gasteiger partial charge is 0.315 e. The normalized spacial score (nSPS) is 16.8. The lowest BCUT2D eigenvalue weighted by Crippen LogP contribution is -2.38. The maximum atomic E-state index is 11.9. The molecule has 24 heavy (non-hydrogen) atoms.